The lowest BCUT2D eigenvalue weighted by molar-refractivity contribution is -0.148. The predicted molar refractivity (Wildman–Crippen MR) is 62.1 cm³/mol. The molecule has 0 fully saturated rings. The van der Waals surface area contributed by atoms with Crippen LogP contribution in [0.25, 0.3) is 0 Å². The highest BCUT2D eigenvalue weighted by Gasteiger charge is 2.43. The van der Waals surface area contributed by atoms with Crippen molar-refractivity contribution in [3.8, 4) is 5.75 Å². The number of benzene rings is 1. The number of methoxy groups -OCH3 is 1. The molecule has 0 spiro atoms. The lowest BCUT2D eigenvalue weighted by Crippen LogP contribution is -2.49. The Hall–Kier alpha value is -1.14. The van der Waals surface area contributed by atoms with E-state index in [0.717, 1.165) is 0 Å². The van der Waals surface area contributed by atoms with Gasteiger partial charge < -0.3 is 15.2 Å². The van der Waals surface area contributed by atoms with Crippen LogP contribution in [-0.2, 0) is 15.1 Å². The van der Waals surface area contributed by atoms with Crippen molar-refractivity contribution in [2.45, 2.75) is 12.0 Å². The molecular weight excluding hydrogens is 293 g/mol. The minimum atomic E-state index is -1.34. The molecule has 1 aromatic rings. The molecule has 2 rings (SSSR count). The van der Waals surface area contributed by atoms with Crippen molar-refractivity contribution < 1.29 is 18.7 Å². The number of rotatable bonds is 1. The first kappa shape index (κ1) is 12.3. The molecule has 1 aliphatic rings. The minimum absolute atomic E-state index is 0.0125. The van der Waals surface area contributed by atoms with Crippen LogP contribution in [0.15, 0.2) is 16.6 Å². The molecule has 0 aliphatic carbocycles. The Morgan fingerprint density at radius 2 is 2.35 bits per heavy atom. The summed E-state index contributed by atoms with van der Waals surface area (Å²) < 4.78 is 24.0. The number of carbonyl (C=O) groups excluding carboxylic acids is 1. The van der Waals surface area contributed by atoms with Crippen molar-refractivity contribution in [2.24, 2.45) is 5.73 Å². The van der Waals surface area contributed by atoms with Gasteiger partial charge in [0, 0.05) is 12.0 Å². The first-order chi connectivity index (χ1) is 8.00. The lowest BCUT2D eigenvalue weighted by atomic mass is 9.85. The molecule has 0 amide bonds. The second kappa shape index (κ2) is 4.27. The number of hydrogen-bond acceptors (Lipinski definition) is 4. The van der Waals surface area contributed by atoms with Gasteiger partial charge >= 0.3 is 5.97 Å². The molecule has 1 aliphatic heterocycles. The highest BCUT2D eigenvalue weighted by Crippen LogP contribution is 2.40. The average molecular weight is 304 g/mol. The third kappa shape index (κ3) is 1.81. The number of nitrogens with two attached hydrogens (primary N) is 1. The van der Waals surface area contributed by atoms with E-state index >= 15 is 0 Å². The molecule has 0 saturated carbocycles. The summed E-state index contributed by atoms with van der Waals surface area (Å²) in [7, 11) is 1.25. The summed E-state index contributed by atoms with van der Waals surface area (Å²) in [4.78, 5) is 11.7. The summed E-state index contributed by atoms with van der Waals surface area (Å²) in [6.07, 6.45) is 0.258. The van der Waals surface area contributed by atoms with E-state index in [2.05, 4.69) is 20.7 Å². The molecule has 0 bridgehead atoms. The number of esters is 1. The van der Waals surface area contributed by atoms with E-state index in [1.165, 1.54) is 13.2 Å². The van der Waals surface area contributed by atoms with Gasteiger partial charge in [-0.1, -0.05) is 6.07 Å². The summed E-state index contributed by atoms with van der Waals surface area (Å²) in [5, 5.41) is 0. The smallest absolute Gasteiger partial charge is 0.330 e. The number of hydrogen-bond donors (Lipinski definition) is 1. The van der Waals surface area contributed by atoms with Gasteiger partial charge in [0.1, 0.15) is 5.54 Å². The fourth-order valence-electron chi connectivity index (χ4n) is 1.87. The van der Waals surface area contributed by atoms with Crippen LogP contribution in [0.2, 0.25) is 0 Å². The van der Waals surface area contributed by atoms with E-state index in [-0.39, 0.29) is 23.2 Å². The summed E-state index contributed by atoms with van der Waals surface area (Å²) >= 11 is 3.05. The van der Waals surface area contributed by atoms with Gasteiger partial charge in [0.05, 0.1) is 18.2 Å². The van der Waals surface area contributed by atoms with Crippen LogP contribution in [0.4, 0.5) is 4.39 Å². The van der Waals surface area contributed by atoms with Crippen LogP contribution in [0.3, 0.4) is 0 Å². The maximum atomic E-state index is 13.8. The van der Waals surface area contributed by atoms with E-state index in [9.17, 15) is 9.18 Å². The predicted octanol–water partition coefficient (Wildman–Crippen LogP) is 1.70. The summed E-state index contributed by atoms with van der Waals surface area (Å²) in [5.41, 5.74) is 4.98. The number of fused-ring (bicyclic) bond motifs is 1. The Morgan fingerprint density at radius 3 is 3.00 bits per heavy atom. The third-order valence-corrected chi connectivity index (χ3v) is 3.44. The Kier molecular flexibility index (Phi) is 3.09. The zero-order chi connectivity index (χ0) is 12.6. The van der Waals surface area contributed by atoms with Gasteiger partial charge in [0.15, 0.2) is 11.6 Å². The van der Waals surface area contributed by atoms with Crippen molar-refractivity contribution in [1.29, 1.82) is 0 Å². The number of ether oxygens (including phenoxy) is 2. The van der Waals surface area contributed by atoms with Gasteiger partial charge in [0.25, 0.3) is 0 Å². The Bertz CT molecular complexity index is 480. The molecule has 1 heterocycles. The number of carbonyl (C=O) groups is 1. The van der Waals surface area contributed by atoms with Crippen LogP contribution in [0, 0.1) is 5.82 Å². The largest absolute Gasteiger partial charge is 0.490 e. The molecule has 4 nitrogen and oxygen atoms in total. The molecule has 6 heteroatoms. The van der Waals surface area contributed by atoms with Gasteiger partial charge in [0.2, 0.25) is 0 Å². The van der Waals surface area contributed by atoms with Gasteiger partial charge in [-0.2, -0.15) is 0 Å². The molecule has 0 radical (unpaired) electrons. The molecule has 92 valence electrons. The van der Waals surface area contributed by atoms with E-state index < -0.39 is 17.3 Å². The Labute approximate surface area is 106 Å². The normalized spacial score (nSPS) is 22.6. The van der Waals surface area contributed by atoms with E-state index in [1.807, 2.05) is 0 Å². The van der Waals surface area contributed by atoms with Crippen LogP contribution >= 0.6 is 15.9 Å². The molecule has 1 unspecified atom stereocenters. The van der Waals surface area contributed by atoms with Gasteiger partial charge in [-0.25, -0.2) is 9.18 Å². The monoisotopic (exact) mass is 303 g/mol. The summed E-state index contributed by atoms with van der Waals surface area (Å²) in [6.45, 7) is 0.173. The molecule has 17 heavy (non-hydrogen) atoms. The van der Waals surface area contributed by atoms with Crippen LogP contribution in [0.1, 0.15) is 12.0 Å². The SMILES string of the molecule is COC(=O)C1(N)CCOc2c1ccc(Br)c2F. The van der Waals surface area contributed by atoms with Crippen LogP contribution in [0.5, 0.6) is 5.75 Å². The van der Waals surface area contributed by atoms with Crippen molar-refractivity contribution in [1.82, 2.24) is 0 Å². The average Bonchev–Trinajstić information content (AvgIpc) is 2.33. The molecule has 2 N–H and O–H groups in total. The van der Waals surface area contributed by atoms with Crippen molar-refractivity contribution in [3.63, 3.8) is 0 Å². The topological polar surface area (TPSA) is 61.5 Å². The fraction of sp³-hybridized carbons (Fsp3) is 0.364. The second-order valence-electron chi connectivity index (χ2n) is 3.80. The fourth-order valence-corrected chi connectivity index (χ4v) is 2.18. The van der Waals surface area contributed by atoms with E-state index in [4.69, 9.17) is 10.5 Å². The maximum Gasteiger partial charge on any atom is 0.330 e. The summed E-state index contributed by atoms with van der Waals surface area (Å²) in [5.74, 6) is -1.14. The highest BCUT2D eigenvalue weighted by molar-refractivity contribution is 9.10. The molecule has 1 aromatic carbocycles. The summed E-state index contributed by atoms with van der Waals surface area (Å²) in [6, 6.07) is 3.06. The van der Waals surface area contributed by atoms with E-state index in [1.54, 1.807) is 6.07 Å². The van der Waals surface area contributed by atoms with Crippen molar-refractivity contribution >= 4 is 21.9 Å². The third-order valence-electron chi connectivity index (χ3n) is 2.82. The maximum absolute atomic E-state index is 13.8. The quantitative estimate of drug-likeness (QED) is 0.802. The minimum Gasteiger partial charge on any atom is -0.490 e. The van der Waals surface area contributed by atoms with Crippen LogP contribution < -0.4 is 10.5 Å². The molecule has 0 saturated heterocycles. The van der Waals surface area contributed by atoms with Crippen molar-refractivity contribution in [3.05, 3.63) is 28.0 Å². The Balaban J connectivity index is 2.60. The Morgan fingerprint density at radius 1 is 1.65 bits per heavy atom. The van der Waals surface area contributed by atoms with E-state index in [0.29, 0.717) is 5.56 Å². The molecule has 0 aromatic heterocycles. The van der Waals surface area contributed by atoms with Gasteiger partial charge in [-0.3, -0.25) is 0 Å². The number of halogens is 2. The van der Waals surface area contributed by atoms with Gasteiger partial charge in [-0.15, -0.1) is 0 Å². The van der Waals surface area contributed by atoms with Crippen LogP contribution in [-0.4, -0.2) is 19.7 Å². The lowest BCUT2D eigenvalue weighted by Gasteiger charge is -2.33. The second-order valence-corrected chi connectivity index (χ2v) is 4.65. The molecular formula is C11H11BrFNO3. The first-order valence-corrected chi connectivity index (χ1v) is 5.78. The first-order valence-electron chi connectivity index (χ1n) is 4.99. The zero-order valence-electron chi connectivity index (χ0n) is 9.13. The van der Waals surface area contributed by atoms with Gasteiger partial charge in [-0.05, 0) is 22.0 Å². The molecule has 1 atom stereocenters. The zero-order valence-corrected chi connectivity index (χ0v) is 10.7. The highest BCUT2D eigenvalue weighted by atomic mass is 79.9. The standard InChI is InChI=1S/C11H11BrFNO3/c1-16-10(15)11(14)4-5-17-9-6(11)2-3-7(12)8(9)13/h2-3H,4-5,14H2,1H3. The van der Waals surface area contributed by atoms with Crippen molar-refractivity contribution in [2.75, 3.05) is 13.7 Å².